The molecule has 0 saturated heterocycles. The Bertz CT molecular complexity index is 493. The van der Waals surface area contributed by atoms with Crippen molar-refractivity contribution >= 4 is 18.4 Å². The van der Waals surface area contributed by atoms with Gasteiger partial charge in [-0.15, -0.1) is 12.4 Å². The van der Waals surface area contributed by atoms with E-state index in [0.29, 0.717) is 6.07 Å². The van der Waals surface area contributed by atoms with Gasteiger partial charge in [0.15, 0.2) is 0 Å². The zero-order valence-electron chi connectivity index (χ0n) is 10.8. The van der Waals surface area contributed by atoms with Gasteiger partial charge in [0, 0.05) is 0 Å². The molecule has 120 valence electrons. The van der Waals surface area contributed by atoms with Crippen LogP contribution in [0.25, 0.3) is 0 Å². The lowest BCUT2D eigenvalue weighted by atomic mass is 9.96. The molecule has 21 heavy (non-hydrogen) atoms. The van der Waals surface area contributed by atoms with Crippen molar-refractivity contribution in [2.24, 2.45) is 5.73 Å². The first-order chi connectivity index (χ1) is 9.12. The summed E-state index contributed by atoms with van der Waals surface area (Å²) >= 11 is 0. The van der Waals surface area contributed by atoms with Crippen molar-refractivity contribution in [1.82, 2.24) is 0 Å². The van der Waals surface area contributed by atoms with E-state index in [1.807, 2.05) is 0 Å². The summed E-state index contributed by atoms with van der Waals surface area (Å²) < 4.78 is 69.7. The molecule has 0 heterocycles. The minimum Gasteiger partial charge on any atom is -0.462 e. The van der Waals surface area contributed by atoms with Crippen LogP contribution in [0, 0.1) is 0 Å². The third-order valence-corrected chi connectivity index (χ3v) is 2.54. The quantitative estimate of drug-likeness (QED) is 0.679. The van der Waals surface area contributed by atoms with E-state index in [-0.39, 0.29) is 19.0 Å². The van der Waals surface area contributed by atoms with Gasteiger partial charge in [0.05, 0.1) is 12.2 Å². The monoisotopic (exact) mass is 333 g/mol. The van der Waals surface area contributed by atoms with E-state index < -0.39 is 35.2 Å². The summed E-state index contributed by atoms with van der Waals surface area (Å²) in [6.07, 6.45) is -4.85. The number of rotatable bonds is 4. The topological polar surface area (TPSA) is 52.3 Å². The zero-order chi connectivity index (χ0) is 15.6. The van der Waals surface area contributed by atoms with Crippen LogP contribution in [-0.4, -0.2) is 18.5 Å². The summed E-state index contributed by atoms with van der Waals surface area (Å²) in [5.41, 5.74) is 2.98. The maximum atomic E-state index is 13.7. The molecular weight excluding hydrogens is 321 g/mol. The van der Waals surface area contributed by atoms with Gasteiger partial charge in [-0.05, 0) is 18.6 Å². The highest BCUT2D eigenvalue weighted by Gasteiger charge is 2.50. The van der Waals surface area contributed by atoms with Crippen molar-refractivity contribution in [3.63, 3.8) is 0 Å². The molecule has 0 spiro atoms. The fourth-order valence-corrected chi connectivity index (χ4v) is 1.58. The largest absolute Gasteiger partial charge is 0.462 e. The third kappa shape index (κ3) is 4.28. The van der Waals surface area contributed by atoms with Gasteiger partial charge in [0.2, 0.25) is 0 Å². The van der Waals surface area contributed by atoms with Crippen LogP contribution in [-0.2, 0) is 15.7 Å². The smallest absolute Gasteiger partial charge is 0.416 e. The van der Waals surface area contributed by atoms with Gasteiger partial charge in [-0.1, -0.05) is 18.2 Å². The van der Waals surface area contributed by atoms with Crippen LogP contribution in [0.5, 0.6) is 0 Å². The molecule has 0 aliphatic rings. The molecule has 0 radical (unpaired) electrons. The third-order valence-electron chi connectivity index (χ3n) is 2.54. The van der Waals surface area contributed by atoms with Gasteiger partial charge in [0.1, 0.15) is 6.04 Å². The number of hydrogen-bond donors (Lipinski definition) is 1. The van der Waals surface area contributed by atoms with E-state index in [9.17, 15) is 26.7 Å². The first-order valence-electron chi connectivity index (χ1n) is 5.59. The van der Waals surface area contributed by atoms with Crippen LogP contribution >= 0.6 is 12.4 Å². The number of nitrogens with two attached hydrogens (primary N) is 1. The van der Waals surface area contributed by atoms with Gasteiger partial charge < -0.3 is 10.5 Å². The molecule has 0 bridgehead atoms. The number of alkyl halides is 5. The summed E-state index contributed by atoms with van der Waals surface area (Å²) in [5, 5.41) is 0. The minimum absolute atomic E-state index is 0. The number of hydrogen-bond acceptors (Lipinski definition) is 3. The molecule has 0 aliphatic heterocycles. The maximum Gasteiger partial charge on any atom is 0.416 e. The molecular formula is C12H13ClF5NO2. The molecule has 1 rings (SSSR count). The predicted molar refractivity (Wildman–Crippen MR) is 67.2 cm³/mol. The second-order valence-electron chi connectivity index (χ2n) is 3.91. The van der Waals surface area contributed by atoms with Gasteiger partial charge >= 0.3 is 18.1 Å². The molecule has 3 nitrogen and oxygen atoms in total. The average molecular weight is 334 g/mol. The van der Waals surface area contributed by atoms with Gasteiger partial charge in [-0.2, -0.15) is 22.0 Å². The highest BCUT2D eigenvalue weighted by Crippen LogP contribution is 2.38. The second kappa shape index (κ2) is 7.04. The van der Waals surface area contributed by atoms with Crippen LogP contribution < -0.4 is 5.73 Å². The Morgan fingerprint density at radius 1 is 1.24 bits per heavy atom. The summed E-state index contributed by atoms with van der Waals surface area (Å²) in [4.78, 5) is 11.1. The van der Waals surface area contributed by atoms with Crippen LogP contribution in [0.1, 0.15) is 24.1 Å². The van der Waals surface area contributed by atoms with Gasteiger partial charge in [-0.25, -0.2) is 4.79 Å². The molecule has 9 heteroatoms. The van der Waals surface area contributed by atoms with Crippen molar-refractivity contribution in [3.05, 3.63) is 35.4 Å². The summed E-state index contributed by atoms with van der Waals surface area (Å²) in [6, 6.07) is 1.16. The lowest BCUT2D eigenvalue weighted by Crippen LogP contribution is -2.42. The Morgan fingerprint density at radius 2 is 1.76 bits per heavy atom. The fraction of sp³-hybridized carbons (Fsp3) is 0.417. The molecule has 0 aromatic heterocycles. The van der Waals surface area contributed by atoms with E-state index in [1.165, 1.54) is 6.92 Å². The highest BCUT2D eigenvalue weighted by molar-refractivity contribution is 5.85. The molecule has 1 aromatic carbocycles. The van der Waals surface area contributed by atoms with E-state index >= 15 is 0 Å². The minimum atomic E-state index is -4.85. The summed E-state index contributed by atoms with van der Waals surface area (Å²) in [6.45, 7) is 0.964. The lowest BCUT2D eigenvalue weighted by Gasteiger charge is -2.24. The number of halogens is 6. The average Bonchev–Trinajstić information content (AvgIpc) is 2.37. The molecule has 2 N–H and O–H groups in total. The molecule has 0 unspecified atom stereocenters. The number of carbonyl (C=O) groups is 1. The first kappa shape index (κ1) is 19.6. The second-order valence-corrected chi connectivity index (χ2v) is 3.91. The van der Waals surface area contributed by atoms with Crippen LogP contribution in [0.3, 0.4) is 0 Å². The van der Waals surface area contributed by atoms with Crippen LogP contribution in [0.2, 0.25) is 0 Å². The fourth-order valence-electron chi connectivity index (χ4n) is 1.58. The lowest BCUT2D eigenvalue weighted by molar-refractivity contribution is -0.175. The molecule has 1 aromatic rings. The Morgan fingerprint density at radius 3 is 2.24 bits per heavy atom. The van der Waals surface area contributed by atoms with Gasteiger partial charge in [-0.3, -0.25) is 0 Å². The standard InChI is InChI=1S/C12H12F5NO2.ClH/c1-2-20-10(19)11(13,14)9(18)7-5-3-4-6-8(7)12(15,16)17;/h3-6,9H,2,18H2,1H3;1H/t9-;/m0./s1. The summed E-state index contributed by atoms with van der Waals surface area (Å²) in [7, 11) is 0. The van der Waals surface area contributed by atoms with E-state index in [1.54, 1.807) is 0 Å². The normalized spacial score (nSPS) is 13.3. The molecule has 0 amide bonds. The number of ether oxygens (including phenoxy) is 1. The summed E-state index contributed by atoms with van der Waals surface area (Å²) in [5.74, 6) is -6.21. The molecule has 0 aliphatic carbocycles. The Hall–Kier alpha value is -1.41. The van der Waals surface area contributed by atoms with Crippen molar-refractivity contribution < 1.29 is 31.5 Å². The number of carbonyl (C=O) groups excluding carboxylic acids is 1. The SMILES string of the molecule is CCOC(=O)C(F)(F)[C@@H](N)c1ccccc1C(F)(F)F.Cl. The van der Waals surface area contributed by atoms with E-state index in [4.69, 9.17) is 5.73 Å². The number of esters is 1. The van der Waals surface area contributed by atoms with Gasteiger partial charge in [0.25, 0.3) is 0 Å². The Labute approximate surface area is 123 Å². The van der Waals surface area contributed by atoms with Crippen LogP contribution in [0.4, 0.5) is 22.0 Å². The van der Waals surface area contributed by atoms with Crippen molar-refractivity contribution in [3.8, 4) is 0 Å². The van der Waals surface area contributed by atoms with Crippen molar-refractivity contribution in [2.45, 2.75) is 25.1 Å². The Kier molecular flexibility index (Phi) is 6.56. The van der Waals surface area contributed by atoms with E-state index in [0.717, 1.165) is 18.2 Å². The zero-order valence-corrected chi connectivity index (χ0v) is 11.6. The first-order valence-corrected chi connectivity index (χ1v) is 5.59. The highest BCUT2D eigenvalue weighted by atomic mass is 35.5. The Balaban J connectivity index is 0.00000400. The predicted octanol–water partition coefficient (Wildman–Crippen LogP) is 3.33. The molecule has 1 atom stereocenters. The van der Waals surface area contributed by atoms with Crippen molar-refractivity contribution in [2.75, 3.05) is 6.61 Å². The van der Waals surface area contributed by atoms with Crippen molar-refractivity contribution in [1.29, 1.82) is 0 Å². The number of benzene rings is 1. The molecule has 0 saturated carbocycles. The van der Waals surface area contributed by atoms with Crippen LogP contribution in [0.15, 0.2) is 24.3 Å². The molecule has 0 fully saturated rings. The maximum absolute atomic E-state index is 13.7. The van der Waals surface area contributed by atoms with E-state index in [2.05, 4.69) is 4.74 Å².